The van der Waals surface area contributed by atoms with Crippen molar-refractivity contribution in [2.24, 2.45) is 11.8 Å². The molecule has 0 amide bonds. The molecule has 6 heterocycles. The van der Waals surface area contributed by atoms with Crippen LogP contribution in [-0.2, 0) is 33.2 Å². The lowest BCUT2D eigenvalue weighted by atomic mass is 9.82. The number of hydrogen-bond donors (Lipinski definition) is 0. The largest absolute Gasteiger partial charge is 0.370 e. The molecule has 7 heteroatoms. The van der Waals surface area contributed by atoms with Crippen molar-refractivity contribution < 1.29 is 33.2 Å². The standard InChI is InChI=1S/C18H22O7/c1-5-13(21-5)11(14-6(1)22-14)17(9-3-19-9)25-18(10-4-20-10)12-15-7(23-15)2-8-16(12)24-8/h5-18H,1-4H2. The van der Waals surface area contributed by atoms with Gasteiger partial charge in [-0.3, -0.25) is 0 Å². The monoisotopic (exact) mass is 350 g/mol. The molecule has 7 nitrogen and oxygen atoms in total. The highest BCUT2D eigenvalue weighted by molar-refractivity contribution is 5.16. The molecule has 2 saturated carbocycles. The SMILES string of the molecule is C1C2OC2C(C(OC(C2CO2)C2C3OC3CC3OC32)C2CO2)C2OC12. The Balaban J connectivity index is 1.09. The maximum absolute atomic E-state index is 6.80. The van der Waals surface area contributed by atoms with Crippen LogP contribution in [0.15, 0.2) is 0 Å². The molecule has 0 bridgehead atoms. The fourth-order valence-corrected chi connectivity index (χ4v) is 5.84. The van der Waals surface area contributed by atoms with Crippen molar-refractivity contribution in [1.82, 2.24) is 0 Å². The van der Waals surface area contributed by atoms with Crippen molar-refractivity contribution >= 4 is 0 Å². The molecule has 8 rings (SSSR count). The van der Waals surface area contributed by atoms with Gasteiger partial charge in [-0.15, -0.1) is 0 Å². The van der Waals surface area contributed by atoms with Crippen molar-refractivity contribution in [3.63, 3.8) is 0 Å². The summed E-state index contributed by atoms with van der Waals surface area (Å²) in [6.07, 6.45) is 5.18. The molecule has 0 aromatic rings. The van der Waals surface area contributed by atoms with Gasteiger partial charge in [-0.1, -0.05) is 0 Å². The Morgan fingerprint density at radius 1 is 0.600 bits per heavy atom. The molecule has 0 N–H and O–H groups in total. The molecular formula is C18H22O7. The van der Waals surface area contributed by atoms with Crippen LogP contribution in [0.3, 0.4) is 0 Å². The molecule has 6 aliphatic heterocycles. The fourth-order valence-electron chi connectivity index (χ4n) is 5.84. The first-order valence-electron chi connectivity index (χ1n) is 9.86. The second kappa shape index (κ2) is 4.41. The second-order valence-corrected chi connectivity index (χ2v) is 8.99. The van der Waals surface area contributed by atoms with E-state index in [0.717, 1.165) is 26.1 Å². The fraction of sp³-hybridized carbons (Fsp3) is 1.00. The quantitative estimate of drug-likeness (QED) is 0.605. The molecule has 0 radical (unpaired) electrons. The summed E-state index contributed by atoms with van der Waals surface area (Å²) in [5.74, 6) is 0.598. The van der Waals surface area contributed by atoms with Gasteiger partial charge in [0.2, 0.25) is 0 Å². The zero-order valence-corrected chi connectivity index (χ0v) is 13.8. The van der Waals surface area contributed by atoms with Crippen LogP contribution in [0, 0.1) is 11.8 Å². The van der Waals surface area contributed by atoms with Crippen LogP contribution >= 0.6 is 0 Å². The first kappa shape index (κ1) is 13.8. The highest BCUT2D eigenvalue weighted by Gasteiger charge is 2.70. The molecule has 12 unspecified atom stereocenters. The van der Waals surface area contributed by atoms with Crippen LogP contribution in [0.1, 0.15) is 12.8 Å². The summed E-state index contributed by atoms with van der Waals surface area (Å²) in [6, 6.07) is 0. The minimum atomic E-state index is 0.0378. The topological polar surface area (TPSA) is 84.4 Å². The van der Waals surface area contributed by atoms with E-state index in [2.05, 4.69) is 0 Å². The van der Waals surface area contributed by atoms with Gasteiger partial charge in [0, 0.05) is 24.7 Å². The van der Waals surface area contributed by atoms with Gasteiger partial charge < -0.3 is 33.2 Å². The van der Waals surface area contributed by atoms with E-state index in [-0.39, 0.29) is 24.4 Å². The van der Waals surface area contributed by atoms with E-state index >= 15 is 0 Å². The van der Waals surface area contributed by atoms with Crippen LogP contribution in [0.2, 0.25) is 0 Å². The normalized spacial score (nSPS) is 66.2. The summed E-state index contributed by atoms with van der Waals surface area (Å²) < 4.78 is 41.8. The van der Waals surface area contributed by atoms with Crippen molar-refractivity contribution in [3.05, 3.63) is 0 Å². The summed E-state index contributed by atoms with van der Waals surface area (Å²) in [5, 5.41) is 0. The molecule has 136 valence electrons. The lowest BCUT2D eigenvalue weighted by molar-refractivity contribution is -0.105. The third-order valence-electron chi connectivity index (χ3n) is 7.46. The minimum Gasteiger partial charge on any atom is -0.370 e. The Bertz CT molecular complexity index is 537. The van der Waals surface area contributed by atoms with Crippen LogP contribution in [0.5, 0.6) is 0 Å². The molecular weight excluding hydrogens is 328 g/mol. The Morgan fingerprint density at radius 3 is 1.28 bits per heavy atom. The third-order valence-corrected chi connectivity index (χ3v) is 7.46. The van der Waals surface area contributed by atoms with Crippen molar-refractivity contribution in [1.29, 1.82) is 0 Å². The van der Waals surface area contributed by atoms with E-state index in [9.17, 15) is 0 Å². The van der Waals surface area contributed by atoms with Gasteiger partial charge in [0.25, 0.3) is 0 Å². The predicted octanol–water partition coefficient (Wildman–Crippen LogP) is -0.353. The summed E-state index contributed by atoms with van der Waals surface area (Å²) in [4.78, 5) is 0. The minimum absolute atomic E-state index is 0.0378. The summed E-state index contributed by atoms with van der Waals surface area (Å²) in [6.45, 7) is 1.56. The molecule has 6 saturated heterocycles. The molecule has 25 heavy (non-hydrogen) atoms. The van der Waals surface area contributed by atoms with E-state index < -0.39 is 0 Å². The van der Waals surface area contributed by atoms with Crippen molar-refractivity contribution in [2.75, 3.05) is 13.2 Å². The zero-order chi connectivity index (χ0) is 15.9. The zero-order valence-electron chi connectivity index (χ0n) is 13.8. The first-order chi connectivity index (χ1) is 12.3. The van der Waals surface area contributed by atoms with Gasteiger partial charge in [-0.25, -0.2) is 0 Å². The Morgan fingerprint density at radius 2 is 0.960 bits per heavy atom. The number of rotatable bonds is 6. The van der Waals surface area contributed by atoms with Crippen LogP contribution in [0.25, 0.3) is 0 Å². The third kappa shape index (κ3) is 2.06. The van der Waals surface area contributed by atoms with Crippen molar-refractivity contribution in [3.8, 4) is 0 Å². The molecule has 8 fully saturated rings. The van der Waals surface area contributed by atoms with E-state index in [1.165, 1.54) is 0 Å². The summed E-state index contributed by atoms with van der Waals surface area (Å²) in [5.41, 5.74) is 0. The number of hydrogen-bond acceptors (Lipinski definition) is 7. The van der Waals surface area contributed by atoms with Gasteiger partial charge in [0.1, 0.15) is 12.2 Å². The van der Waals surface area contributed by atoms with E-state index in [4.69, 9.17) is 33.2 Å². The molecule has 2 aliphatic carbocycles. The Hall–Kier alpha value is -0.280. The van der Waals surface area contributed by atoms with Gasteiger partial charge in [0.15, 0.2) is 0 Å². The number of fused-ring (bicyclic) bond motifs is 4. The van der Waals surface area contributed by atoms with Gasteiger partial charge >= 0.3 is 0 Å². The van der Waals surface area contributed by atoms with Gasteiger partial charge in [-0.2, -0.15) is 0 Å². The number of ether oxygens (including phenoxy) is 7. The highest BCUT2D eigenvalue weighted by atomic mass is 16.7. The maximum atomic E-state index is 6.80. The van der Waals surface area contributed by atoms with Crippen LogP contribution < -0.4 is 0 Å². The molecule has 12 atom stereocenters. The van der Waals surface area contributed by atoms with Crippen molar-refractivity contribution in [2.45, 2.75) is 86.1 Å². The smallest absolute Gasteiger partial charge is 0.108 e. The average molecular weight is 350 g/mol. The summed E-state index contributed by atoms with van der Waals surface area (Å²) >= 11 is 0. The number of epoxide rings is 6. The molecule has 0 spiro atoms. The molecule has 0 aromatic heterocycles. The second-order valence-electron chi connectivity index (χ2n) is 8.99. The summed E-state index contributed by atoms with van der Waals surface area (Å²) in [7, 11) is 0. The lowest BCUT2D eigenvalue weighted by Crippen LogP contribution is -2.48. The highest BCUT2D eigenvalue weighted by Crippen LogP contribution is 2.56. The predicted molar refractivity (Wildman–Crippen MR) is 79.0 cm³/mol. The molecule has 8 aliphatic rings. The Kier molecular flexibility index (Phi) is 2.44. The van der Waals surface area contributed by atoms with E-state index in [0.29, 0.717) is 60.7 Å². The average Bonchev–Trinajstić information content (AvgIpc) is 3.35. The lowest BCUT2D eigenvalue weighted by Gasteiger charge is -2.33. The van der Waals surface area contributed by atoms with Crippen LogP contribution in [0.4, 0.5) is 0 Å². The van der Waals surface area contributed by atoms with E-state index in [1.807, 2.05) is 0 Å². The van der Waals surface area contributed by atoms with Crippen LogP contribution in [-0.4, -0.2) is 86.5 Å². The molecule has 0 aromatic carbocycles. The Labute approximate surface area is 145 Å². The van der Waals surface area contributed by atoms with Gasteiger partial charge in [0.05, 0.1) is 74.3 Å². The van der Waals surface area contributed by atoms with Gasteiger partial charge in [-0.05, 0) is 0 Å². The van der Waals surface area contributed by atoms with E-state index in [1.54, 1.807) is 0 Å². The maximum Gasteiger partial charge on any atom is 0.108 e. The first-order valence-corrected chi connectivity index (χ1v) is 9.86.